The van der Waals surface area contributed by atoms with E-state index < -0.39 is 0 Å². The van der Waals surface area contributed by atoms with E-state index in [2.05, 4.69) is 45.1 Å². The van der Waals surface area contributed by atoms with Crippen molar-refractivity contribution in [2.75, 3.05) is 0 Å². The predicted octanol–water partition coefficient (Wildman–Crippen LogP) is 11.6. The number of hydrogen-bond donors (Lipinski definition) is 0. The zero-order chi connectivity index (χ0) is 26.4. The first kappa shape index (κ1) is 32.6. The van der Waals surface area contributed by atoms with Crippen molar-refractivity contribution in [1.29, 1.82) is 0 Å². The first-order valence-corrected chi connectivity index (χ1v) is 16.8. The summed E-state index contributed by atoms with van der Waals surface area (Å²) in [4.78, 5) is 0. The van der Waals surface area contributed by atoms with Crippen molar-refractivity contribution < 1.29 is 9.47 Å². The second kappa shape index (κ2) is 21.2. The lowest BCUT2D eigenvalue weighted by atomic mass is 9.98. The van der Waals surface area contributed by atoms with Crippen LogP contribution >= 0.6 is 0 Å². The quantitative estimate of drug-likeness (QED) is 0.0937. The van der Waals surface area contributed by atoms with Crippen LogP contribution in [0.25, 0.3) is 0 Å². The van der Waals surface area contributed by atoms with Gasteiger partial charge in [0, 0.05) is 12.8 Å². The molecule has 0 radical (unpaired) electrons. The van der Waals surface area contributed by atoms with Crippen LogP contribution in [0, 0.1) is 5.92 Å². The Balaban J connectivity index is 1.52. The minimum absolute atomic E-state index is 0.257. The molecule has 1 aliphatic carbocycles. The van der Waals surface area contributed by atoms with Crippen molar-refractivity contribution in [2.45, 2.75) is 193 Å². The van der Waals surface area contributed by atoms with Crippen LogP contribution in [0.1, 0.15) is 175 Å². The second-order valence-electron chi connectivity index (χ2n) is 12.4. The standard InChI is InChI=1S/C35H64O2/c1-4-6-8-10-12-14-15-16-17-18-19-20-21-23-25-27-29-35(28-26-24-22-13-11-9-7-5-2)36-33-30-32(3)31-34(33)37-35/h12,14,16-17,32-34H,4-11,13,15,18-31H2,1-3H3/b14-12-,17-16-/t32?,33-,34+,35?. The van der Waals surface area contributed by atoms with Gasteiger partial charge in [0.2, 0.25) is 0 Å². The summed E-state index contributed by atoms with van der Waals surface area (Å²) < 4.78 is 13.4. The Morgan fingerprint density at radius 2 is 0.946 bits per heavy atom. The van der Waals surface area contributed by atoms with Crippen LogP contribution in [0.15, 0.2) is 24.3 Å². The molecular weight excluding hydrogens is 452 g/mol. The van der Waals surface area contributed by atoms with Gasteiger partial charge >= 0.3 is 0 Å². The molecule has 0 aromatic heterocycles. The highest BCUT2D eigenvalue weighted by atomic mass is 16.8. The van der Waals surface area contributed by atoms with E-state index in [4.69, 9.17) is 9.47 Å². The third-order valence-electron chi connectivity index (χ3n) is 8.59. The maximum atomic E-state index is 6.69. The molecule has 37 heavy (non-hydrogen) atoms. The van der Waals surface area contributed by atoms with Crippen molar-refractivity contribution in [2.24, 2.45) is 5.92 Å². The van der Waals surface area contributed by atoms with E-state index in [0.717, 1.165) is 25.2 Å². The van der Waals surface area contributed by atoms with Gasteiger partial charge in [0.15, 0.2) is 5.79 Å². The van der Waals surface area contributed by atoms with Gasteiger partial charge in [-0.15, -0.1) is 0 Å². The van der Waals surface area contributed by atoms with Gasteiger partial charge in [-0.1, -0.05) is 129 Å². The van der Waals surface area contributed by atoms with E-state index in [1.165, 1.54) is 135 Å². The van der Waals surface area contributed by atoms with Gasteiger partial charge in [0.25, 0.3) is 0 Å². The third kappa shape index (κ3) is 14.9. The Hall–Kier alpha value is -0.600. The maximum Gasteiger partial charge on any atom is 0.169 e. The Kier molecular flexibility index (Phi) is 18.7. The number of fused-ring (bicyclic) bond motifs is 1. The van der Waals surface area contributed by atoms with E-state index in [0.29, 0.717) is 12.2 Å². The molecule has 216 valence electrons. The molecule has 2 unspecified atom stereocenters. The molecular formula is C35H64O2. The molecule has 0 aromatic carbocycles. The van der Waals surface area contributed by atoms with Gasteiger partial charge in [-0.2, -0.15) is 0 Å². The molecule has 0 bridgehead atoms. The first-order chi connectivity index (χ1) is 18.2. The molecule has 1 aliphatic heterocycles. The number of unbranched alkanes of at least 4 members (excludes halogenated alkanes) is 16. The van der Waals surface area contributed by atoms with Crippen molar-refractivity contribution >= 4 is 0 Å². The van der Waals surface area contributed by atoms with Gasteiger partial charge in [0.05, 0.1) is 12.2 Å². The molecule has 2 rings (SSSR count). The lowest BCUT2D eigenvalue weighted by Crippen LogP contribution is -2.32. The van der Waals surface area contributed by atoms with Crippen LogP contribution in [0.5, 0.6) is 0 Å². The summed E-state index contributed by atoms with van der Waals surface area (Å²) in [5.41, 5.74) is 0. The lowest BCUT2D eigenvalue weighted by Gasteiger charge is -2.30. The number of rotatable bonds is 24. The predicted molar refractivity (Wildman–Crippen MR) is 162 cm³/mol. The SMILES string of the molecule is CCCCC/C=C\C/C=C\CCCCCCCCC1(CCCCCCCCCC)O[C@H]2CC(C)C[C@H]2O1. The van der Waals surface area contributed by atoms with Crippen molar-refractivity contribution in [3.05, 3.63) is 24.3 Å². The van der Waals surface area contributed by atoms with E-state index in [1.54, 1.807) is 0 Å². The number of hydrogen-bond acceptors (Lipinski definition) is 2. The molecule has 2 heteroatoms. The maximum absolute atomic E-state index is 6.69. The van der Waals surface area contributed by atoms with Crippen LogP contribution in [0.3, 0.4) is 0 Å². The summed E-state index contributed by atoms with van der Waals surface area (Å²) in [6.45, 7) is 6.92. The summed E-state index contributed by atoms with van der Waals surface area (Å²) in [6, 6.07) is 0. The van der Waals surface area contributed by atoms with Crippen molar-refractivity contribution in [3.8, 4) is 0 Å². The zero-order valence-electron chi connectivity index (χ0n) is 25.3. The smallest absolute Gasteiger partial charge is 0.169 e. The highest BCUT2D eigenvalue weighted by Crippen LogP contribution is 2.45. The summed E-state index contributed by atoms with van der Waals surface area (Å²) >= 11 is 0. The van der Waals surface area contributed by atoms with Crippen LogP contribution in [0.2, 0.25) is 0 Å². The normalized spacial score (nSPS) is 25.6. The summed E-state index contributed by atoms with van der Waals surface area (Å²) in [6.07, 6.45) is 41.4. The van der Waals surface area contributed by atoms with E-state index >= 15 is 0 Å². The van der Waals surface area contributed by atoms with Crippen LogP contribution < -0.4 is 0 Å². The Labute approximate surface area is 232 Å². The monoisotopic (exact) mass is 516 g/mol. The average molecular weight is 517 g/mol. The first-order valence-electron chi connectivity index (χ1n) is 16.8. The second-order valence-corrected chi connectivity index (χ2v) is 12.4. The molecule has 0 amide bonds. The van der Waals surface area contributed by atoms with Crippen molar-refractivity contribution in [1.82, 2.24) is 0 Å². The largest absolute Gasteiger partial charge is 0.344 e. The van der Waals surface area contributed by atoms with Crippen molar-refractivity contribution in [3.63, 3.8) is 0 Å². The fourth-order valence-electron chi connectivity index (χ4n) is 6.29. The molecule has 2 nitrogen and oxygen atoms in total. The van der Waals surface area contributed by atoms with Gasteiger partial charge in [0.1, 0.15) is 0 Å². The van der Waals surface area contributed by atoms with Gasteiger partial charge < -0.3 is 9.47 Å². The summed E-state index contributed by atoms with van der Waals surface area (Å²) in [7, 11) is 0. The van der Waals surface area contributed by atoms with Gasteiger partial charge in [-0.3, -0.25) is 0 Å². The highest BCUT2D eigenvalue weighted by molar-refractivity contribution is 4.93. The van der Waals surface area contributed by atoms with Crippen LogP contribution in [-0.4, -0.2) is 18.0 Å². The van der Waals surface area contributed by atoms with Crippen LogP contribution in [-0.2, 0) is 9.47 Å². The Morgan fingerprint density at radius 3 is 1.46 bits per heavy atom. The highest BCUT2D eigenvalue weighted by Gasteiger charge is 2.50. The molecule has 2 fully saturated rings. The zero-order valence-corrected chi connectivity index (χ0v) is 25.3. The number of allylic oxidation sites excluding steroid dienone is 4. The fraction of sp³-hybridized carbons (Fsp3) is 0.886. The molecule has 1 saturated carbocycles. The van der Waals surface area contributed by atoms with Crippen LogP contribution in [0.4, 0.5) is 0 Å². The Bertz CT molecular complexity index is 566. The Morgan fingerprint density at radius 1 is 0.541 bits per heavy atom. The number of ether oxygens (including phenoxy) is 2. The molecule has 1 heterocycles. The molecule has 0 aromatic rings. The molecule has 2 aliphatic rings. The van der Waals surface area contributed by atoms with E-state index in [-0.39, 0.29) is 5.79 Å². The summed E-state index contributed by atoms with van der Waals surface area (Å²) in [5.74, 6) is 0.505. The fourth-order valence-corrected chi connectivity index (χ4v) is 6.29. The molecule has 1 saturated heterocycles. The molecule has 4 atom stereocenters. The minimum atomic E-state index is -0.257. The minimum Gasteiger partial charge on any atom is -0.344 e. The topological polar surface area (TPSA) is 18.5 Å². The van der Waals surface area contributed by atoms with Gasteiger partial charge in [-0.05, 0) is 63.7 Å². The third-order valence-corrected chi connectivity index (χ3v) is 8.59. The van der Waals surface area contributed by atoms with E-state index in [1.807, 2.05) is 0 Å². The van der Waals surface area contributed by atoms with Gasteiger partial charge in [-0.25, -0.2) is 0 Å². The lowest BCUT2D eigenvalue weighted by molar-refractivity contribution is -0.192. The average Bonchev–Trinajstić information content (AvgIpc) is 3.39. The van der Waals surface area contributed by atoms with E-state index in [9.17, 15) is 0 Å². The summed E-state index contributed by atoms with van der Waals surface area (Å²) in [5, 5.41) is 0. The molecule has 0 spiro atoms. The molecule has 0 N–H and O–H groups in total.